The number of carbonyl (C=O) groups is 1. The number of para-hydroxylation sites is 1. The molecule has 2 heterocycles. The summed E-state index contributed by atoms with van der Waals surface area (Å²) in [5, 5.41) is 2.28. The van der Waals surface area contributed by atoms with Gasteiger partial charge in [0.1, 0.15) is 11.6 Å². The number of aromatic nitrogens is 1. The minimum Gasteiger partial charge on any atom is -0.466 e. The van der Waals surface area contributed by atoms with Gasteiger partial charge in [-0.1, -0.05) is 43.7 Å². The van der Waals surface area contributed by atoms with Crippen LogP contribution in [0.25, 0.3) is 21.4 Å². The lowest BCUT2D eigenvalue weighted by atomic mass is 9.81. The number of hydrogen-bond donors (Lipinski definition) is 0. The minimum absolute atomic E-state index is 0.0623. The minimum atomic E-state index is -0.0623. The number of likely N-dealkylation sites (N-methyl/N-ethyl adjacent to an activating group) is 1. The Hall–Kier alpha value is -2.70. The van der Waals surface area contributed by atoms with Crippen LogP contribution in [-0.2, 0) is 14.9 Å². The van der Waals surface area contributed by atoms with E-state index in [1.165, 1.54) is 42.4 Å². The average molecular weight is 479 g/mol. The van der Waals surface area contributed by atoms with Crippen LogP contribution < -0.4 is 4.90 Å². The summed E-state index contributed by atoms with van der Waals surface area (Å²) < 4.78 is 6.09. The first-order valence-electron chi connectivity index (χ1n) is 11.1. The van der Waals surface area contributed by atoms with Crippen molar-refractivity contribution in [3.8, 4) is 0 Å². The standard InChI is InChI=1S/C27H30N2O2S2/c1-17(13-18(2)26-28-22-9-7-8-10-23(22)32-26)14-20-19(3)25-21(27(20,4)5)15-24(33-25)29(6)11-12-31-16-30/h7-10,13-16H,11-12H2,1-6H3/b17-14+,18-13-. The number of benzene rings is 1. The number of allylic oxidation sites excluding steroid dienone is 6. The van der Waals surface area contributed by atoms with Crippen molar-refractivity contribution in [3.05, 3.63) is 69.1 Å². The van der Waals surface area contributed by atoms with Crippen LogP contribution in [0.1, 0.15) is 50.1 Å². The highest BCUT2D eigenvalue weighted by molar-refractivity contribution is 7.19. The predicted octanol–water partition coefficient (Wildman–Crippen LogP) is 7.08. The Morgan fingerprint density at radius 1 is 1.21 bits per heavy atom. The molecule has 0 bridgehead atoms. The van der Waals surface area contributed by atoms with E-state index in [0.29, 0.717) is 19.6 Å². The summed E-state index contributed by atoms with van der Waals surface area (Å²) in [5.74, 6) is 0. The van der Waals surface area contributed by atoms with E-state index in [1.54, 1.807) is 11.3 Å². The third-order valence-electron chi connectivity index (χ3n) is 6.25. The van der Waals surface area contributed by atoms with Gasteiger partial charge in [0, 0.05) is 17.3 Å². The van der Waals surface area contributed by atoms with Crippen LogP contribution in [0, 0.1) is 0 Å². The zero-order valence-corrected chi connectivity index (χ0v) is 21.7. The highest BCUT2D eigenvalue weighted by atomic mass is 32.1. The zero-order chi connectivity index (χ0) is 23.8. The molecule has 1 aromatic carbocycles. The zero-order valence-electron chi connectivity index (χ0n) is 20.1. The van der Waals surface area contributed by atoms with Gasteiger partial charge >= 0.3 is 0 Å². The Morgan fingerprint density at radius 3 is 2.67 bits per heavy atom. The van der Waals surface area contributed by atoms with Crippen molar-refractivity contribution in [1.82, 2.24) is 4.98 Å². The largest absolute Gasteiger partial charge is 0.466 e. The van der Waals surface area contributed by atoms with E-state index in [1.807, 2.05) is 24.5 Å². The number of thiophene rings is 1. The highest BCUT2D eigenvalue weighted by Crippen LogP contribution is 2.52. The number of fused-ring (bicyclic) bond motifs is 2. The summed E-state index contributed by atoms with van der Waals surface area (Å²) in [5.41, 5.74) is 7.50. The lowest BCUT2D eigenvalue weighted by Crippen LogP contribution is -2.22. The van der Waals surface area contributed by atoms with Crippen LogP contribution in [0.15, 0.2) is 53.6 Å². The number of rotatable bonds is 8. The SMILES string of the molecule is CC1=C(/C=C(C)/C=C(/C)c2nc3ccccc3s2)C(C)(C)c2cc(N(C)CCOC=O)sc21. The number of thiazole rings is 1. The van der Waals surface area contributed by atoms with E-state index >= 15 is 0 Å². The molecule has 1 aliphatic carbocycles. The summed E-state index contributed by atoms with van der Waals surface area (Å²) in [6.45, 7) is 12.7. The highest BCUT2D eigenvalue weighted by Gasteiger charge is 2.37. The van der Waals surface area contributed by atoms with Gasteiger partial charge in [-0.25, -0.2) is 4.98 Å². The first kappa shape index (κ1) is 23.5. The van der Waals surface area contributed by atoms with E-state index in [4.69, 9.17) is 9.72 Å². The van der Waals surface area contributed by atoms with Crippen molar-refractivity contribution < 1.29 is 9.53 Å². The van der Waals surface area contributed by atoms with E-state index < -0.39 is 0 Å². The van der Waals surface area contributed by atoms with E-state index in [-0.39, 0.29) is 5.41 Å². The van der Waals surface area contributed by atoms with Crippen LogP contribution >= 0.6 is 22.7 Å². The number of carbonyl (C=O) groups excluding carboxylic acids is 1. The van der Waals surface area contributed by atoms with Gasteiger partial charge in [0.25, 0.3) is 6.47 Å². The monoisotopic (exact) mass is 478 g/mol. The first-order valence-corrected chi connectivity index (χ1v) is 12.7. The Bertz CT molecular complexity index is 1260. The molecule has 4 nitrogen and oxygen atoms in total. The van der Waals surface area contributed by atoms with Crippen molar-refractivity contribution >= 4 is 55.5 Å². The molecule has 0 N–H and O–H groups in total. The second-order valence-electron chi connectivity index (χ2n) is 9.08. The molecule has 0 spiro atoms. The van der Waals surface area contributed by atoms with Crippen molar-refractivity contribution in [2.75, 3.05) is 25.1 Å². The van der Waals surface area contributed by atoms with Crippen LogP contribution in [0.5, 0.6) is 0 Å². The lowest BCUT2D eigenvalue weighted by molar-refractivity contribution is -0.128. The van der Waals surface area contributed by atoms with E-state index in [9.17, 15) is 4.79 Å². The molecule has 0 atom stereocenters. The van der Waals surface area contributed by atoms with E-state index in [2.05, 4.69) is 75.9 Å². The van der Waals surface area contributed by atoms with Gasteiger partial charge < -0.3 is 9.64 Å². The van der Waals surface area contributed by atoms with Crippen LogP contribution in [0.2, 0.25) is 0 Å². The maximum atomic E-state index is 10.4. The third-order valence-corrected chi connectivity index (χ3v) is 8.79. The van der Waals surface area contributed by atoms with Crippen molar-refractivity contribution in [3.63, 3.8) is 0 Å². The van der Waals surface area contributed by atoms with Gasteiger partial charge in [0.15, 0.2) is 0 Å². The number of nitrogens with zero attached hydrogens (tertiary/aromatic N) is 2. The number of anilines is 1. The van der Waals surface area contributed by atoms with Gasteiger partial charge in [0.2, 0.25) is 0 Å². The van der Waals surface area contributed by atoms with Gasteiger partial charge in [0.05, 0.1) is 21.8 Å². The maximum absolute atomic E-state index is 10.4. The molecule has 0 amide bonds. The van der Waals surface area contributed by atoms with Crippen molar-refractivity contribution in [2.45, 2.75) is 40.0 Å². The Labute approximate surface area is 203 Å². The fourth-order valence-corrected chi connectivity index (χ4v) is 6.65. The van der Waals surface area contributed by atoms with Gasteiger partial charge in [-0.2, -0.15) is 0 Å². The molecule has 6 heteroatoms. The molecule has 0 saturated carbocycles. The molecule has 0 fully saturated rings. The summed E-state index contributed by atoms with van der Waals surface area (Å²) in [6, 6.07) is 10.6. The van der Waals surface area contributed by atoms with Crippen LogP contribution in [0.4, 0.5) is 5.00 Å². The molecular weight excluding hydrogens is 448 g/mol. The van der Waals surface area contributed by atoms with Gasteiger partial charge in [-0.15, -0.1) is 22.7 Å². The first-order chi connectivity index (χ1) is 15.7. The Balaban J connectivity index is 1.60. The third kappa shape index (κ3) is 4.55. The van der Waals surface area contributed by atoms with Crippen LogP contribution in [-0.4, -0.2) is 31.7 Å². The van der Waals surface area contributed by atoms with Gasteiger partial charge in [-0.05, 0) is 61.3 Å². The smallest absolute Gasteiger partial charge is 0.293 e. The van der Waals surface area contributed by atoms with Crippen molar-refractivity contribution in [1.29, 1.82) is 0 Å². The maximum Gasteiger partial charge on any atom is 0.293 e. The molecule has 0 saturated heterocycles. The second kappa shape index (κ2) is 9.27. The molecule has 3 aromatic rings. The molecule has 2 aromatic heterocycles. The molecule has 0 aliphatic heterocycles. The lowest BCUT2D eigenvalue weighted by Gasteiger charge is -2.23. The van der Waals surface area contributed by atoms with Gasteiger partial charge in [-0.3, -0.25) is 4.79 Å². The van der Waals surface area contributed by atoms with Crippen LogP contribution in [0.3, 0.4) is 0 Å². The van der Waals surface area contributed by atoms with Crippen molar-refractivity contribution in [2.24, 2.45) is 0 Å². The summed E-state index contributed by atoms with van der Waals surface area (Å²) >= 11 is 3.56. The van der Waals surface area contributed by atoms with E-state index in [0.717, 1.165) is 10.5 Å². The fraction of sp³-hybridized carbons (Fsp3) is 0.333. The fourth-order valence-electron chi connectivity index (χ4n) is 4.40. The number of hydrogen-bond acceptors (Lipinski definition) is 6. The topological polar surface area (TPSA) is 42.4 Å². The molecule has 33 heavy (non-hydrogen) atoms. The summed E-state index contributed by atoms with van der Waals surface area (Å²) in [6.07, 6.45) is 4.58. The molecule has 0 radical (unpaired) electrons. The molecule has 172 valence electrons. The molecule has 1 aliphatic rings. The molecule has 0 unspecified atom stereocenters. The summed E-state index contributed by atoms with van der Waals surface area (Å²) in [7, 11) is 2.04. The second-order valence-corrected chi connectivity index (χ2v) is 11.1. The summed E-state index contributed by atoms with van der Waals surface area (Å²) in [4.78, 5) is 18.7. The Kier molecular flexibility index (Phi) is 6.59. The molecular formula is C27H30N2O2S2. The normalized spacial score (nSPS) is 15.8. The quantitative estimate of drug-likeness (QED) is 0.197. The number of ether oxygens (including phenoxy) is 1. The Morgan fingerprint density at radius 2 is 1.97 bits per heavy atom. The molecule has 4 rings (SSSR count). The average Bonchev–Trinajstić information content (AvgIpc) is 3.45. The predicted molar refractivity (Wildman–Crippen MR) is 142 cm³/mol.